The van der Waals surface area contributed by atoms with Crippen molar-refractivity contribution in [3.05, 3.63) is 45.3 Å². The summed E-state index contributed by atoms with van der Waals surface area (Å²) in [6, 6.07) is 7.00. The average molecular weight is 294 g/mol. The summed E-state index contributed by atoms with van der Waals surface area (Å²) in [6.45, 7) is 2.64. The molecule has 0 aromatic carbocycles. The van der Waals surface area contributed by atoms with Crippen LogP contribution in [0, 0.1) is 0 Å². The van der Waals surface area contributed by atoms with Gasteiger partial charge in [0, 0.05) is 23.3 Å². The minimum absolute atomic E-state index is 0.0762. The van der Waals surface area contributed by atoms with Crippen molar-refractivity contribution < 1.29 is 0 Å². The van der Waals surface area contributed by atoms with E-state index < -0.39 is 0 Å². The molecule has 88 valence electrons. The van der Waals surface area contributed by atoms with Gasteiger partial charge in [0.15, 0.2) is 0 Å². The zero-order chi connectivity index (χ0) is 12.3. The highest BCUT2D eigenvalue weighted by molar-refractivity contribution is 9.10. The molecule has 0 unspecified atom stereocenters. The lowest BCUT2D eigenvalue weighted by Gasteiger charge is -2.05. The highest BCUT2D eigenvalue weighted by atomic mass is 79.9. The van der Waals surface area contributed by atoms with Gasteiger partial charge in [0.2, 0.25) is 0 Å². The van der Waals surface area contributed by atoms with Crippen molar-refractivity contribution in [2.75, 3.05) is 0 Å². The number of rotatable bonds is 3. The molecule has 0 saturated carbocycles. The highest BCUT2D eigenvalue weighted by Gasteiger charge is 2.03. The van der Waals surface area contributed by atoms with Crippen molar-refractivity contribution in [1.82, 2.24) is 14.8 Å². The van der Waals surface area contributed by atoms with Crippen LogP contribution in [0.25, 0.3) is 11.4 Å². The molecule has 0 radical (unpaired) electrons. The quantitative estimate of drug-likeness (QED) is 0.873. The van der Waals surface area contributed by atoms with Crippen molar-refractivity contribution in [2.45, 2.75) is 19.9 Å². The highest BCUT2D eigenvalue weighted by Crippen LogP contribution is 2.15. The first-order valence-electron chi connectivity index (χ1n) is 5.41. The Morgan fingerprint density at radius 1 is 1.24 bits per heavy atom. The second-order valence-electron chi connectivity index (χ2n) is 3.64. The number of hydrogen-bond acceptors (Lipinski definition) is 3. The number of aryl methyl sites for hydroxylation is 1. The molecule has 0 fully saturated rings. The monoisotopic (exact) mass is 293 g/mol. The van der Waals surface area contributed by atoms with Gasteiger partial charge < -0.3 is 0 Å². The Balaban J connectivity index is 2.42. The van der Waals surface area contributed by atoms with Gasteiger partial charge in [-0.2, -0.15) is 5.10 Å². The number of pyridine rings is 1. The maximum Gasteiger partial charge on any atom is 0.266 e. The molecular weight excluding hydrogens is 282 g/mol. The molecule has 0 saturated heterocycles. The lowest BCUT2D eigenvalue weighted by Crippen LogP contribution is -2.22. The Labute approximate surface area is 107 Å². The van der Waals surface area contributed by atoms with Gasteiger partial charge in [-0.25, -0.2) is 4.68 Å². The molecule has 0 aliphatic heterocycles. The van der Waals surface area contributed by atoms with Crippen LogP contribution in [0.3, 0.4) is 0 Å². The summed E-state index contributed by atoms with van der Waals surface area (Å²) in [4.78, 5) is 15.8. The third kappa shape index (κ3) is 2.79. The minimum atomic E-state index is -0.0762. The molecule has 0 aliphatic rings. The van der Waals surface area contributed by atoms with Crippen LogP contribution in [-0.2, 0) is 6.54 Å². The van der Waals surface area contributed by atoms with E-state index in [0.29, 0.717) is 12.2 Å². The predicted octanol–water partition coefficient (Wildman–Crippen LogP) is 2.48. The molecule has 0 atom stereocenters. The van der Waals surface area contributed by atoms with Crippen LogP contribution in [0.5, 0.6) is 0 Å². The first kappa shape index (κ1) is 12.0. The lowest BCUT2D eigenvalue weighted by atomic mass is 10.2. The molecule has 0 aliphatic carbocycles. The molecule has 2 heterocycles. The zero-order valence-corrected chi connectivity index (χ0v) is 11.0. The molecule has 2 rings (SSSR count). The summed E-state index contributed by atoms with van der Waals surface area (Å²) >= 11 is 3.33. The topological polar surface area (TPSA) is 47.8 Å². The van der Waals surface area contributed by atoms with E-state index in [-0.39, 0.29) is 5.56 Å². The number of halogens is 1. The van der Waals surface area contributed by atoms with E-state index in [1.165, 1.54) is 10.7 Å². The number of hydrogen-bond donors (Lipinski definition) is 0. The summed E-state index contributed by atoms with van der Waals surface area (Å²) in [5.41, 5.74) is 1.40. The van der Waals surface area contributed by atoms with E-state index in [0.717, 1.165) is 16.6 Å². The fourth-order valence-corrected chi connectivity index (χ4v) is 1.72. The van der Waals surface area contributed by atoms with Gasteiger partial charge in [0.1, 0.15) is 5.69 Å². The van der Waals surface area contributed by atoms with Crippen molar-refractivity contribution in [2.24, 2.45) is 0 Å². The molecule has 5 heteroatoms. The Hall–Kier alpha value is -1.49. The van der Waals surface area contributed by atoms with Gasteiger partial charge in [-0.05, 0) is 40.5 Å². The summed E-state index contributed by atoms with van der Waals surface area (Å²) in [5.74, 6) is 0. The van der Waals surface area contributed by atoms with Crippen molar-refractivity contribution in [3.8, 4) is 11.4 Å². The van der Waals surface area contributed by atoms with Crippen LogP contribution in [-0.4, -0.2) is 14.8 Å². The Bertz CT molecular complexity index is 563. The summed E-state index contributed by atoms with van der Waals surface area (Å²) in [7, 11) is 0. The van der Waals surface area contributed by atoms with Gasteiger partial charge >= 0.3 is 0 Å². The Morgan fingerprint density at radius 2 is 2.00 bits per heavy atom. The molecule has 2 aromatic rings. The van der Waals surface area contributed by atoms with Crippen molar-refractivity contribution >= 4 is 15.9 Å². The van der Waals surface area contributed by atoms with Crippen molar-refractivity contribution in [1.29, 1.82) is 0 Å². The maximum absolute atomic E-state index is 11.5. The van der Waals surface area contributed by atoms with E-state index >= 15 is 0 Å². The van der Waals surface area contributed by atoms with Crippen LogP contribution >= 0.6 is 15.9 Å². The van der Waals surface area contributed by atoms with Crippen LogP contribution < -0.4 is 5.56 Å². The standard InChI is InChI=1S/C12H12BrN3O/c1-2-7-16-12(17)6-5-11(15-16)10-4-3-9(13)8-14-10/h3-6,8H,2,7H2,1H3. The van der Waals surface area contributed by atoms with E-state index in [9.17, 15) is 4.79 Å². The van der Waals surface area contributed by atoms with E-state index in [1.807, 2.05) is 19.1 Å². The smallest absolute Gasteiger partial charge is 0.266 e. The van der Waals surface area contributed by atoms with E-state index in [1.54, 1.807) is 12.3 Å². The Kier molecular flexibility index (Phi) is 3.68. The summed E-state index contributed by atoms with van der Waals surface area (Å²) < 4.78 is 2.39. The molecule has 0 amide bonds. The normalized spacial score (nSPS) is 10.5. The number of aromatic nitrogens is 3. The summed E-state index contributed by atoms with van der Waals surface area (Å²) in [6.07, 6.45) is 2.59. The fourth-order valence-electron chi connectivity index (χ4n) is 1.48. The SMILES string of the molecule is CCCn1nc(-c2ccc(Br)cn2)ccc1=O. The third-order valence-corrected chi connectivity index (χ3v) is 2.76. The third-order valence-electron chi connectivity index (χ3n) is 2.29. The molecule has 0 N–H and O–H groups in total. The second kappa shape index (κ2) is 5.23. The predicted molar refractivity (Wildman–Crippen MR) is 69.7 cm³/mol. The van der Waals surface area contributed by atoms with E-state index in [4.69, 9.17) is 0 Å². The zero-order valence-electron chi connectivity index (χ0n) is 9.43. The van der Waals surface area contributed by atoms with Crippen LogP contribution in [0.4, 0.5) is 0 Å². The average Bonchev–Trinajstić information content (AvgIpc) is 2.33. The van der Waals surface area contributed by atoms with Gasteiger partial charge in [0.25, 0.3) is 5.56 Å². The van der Waals surface area contributed by atoms with Crippen LogP contribution in [0.1, 0.15) is 13.3 Å². The maximum atomic E-state index is 11.5. The minimum Gasteiger partial charge on any atom is -0.268 e. The Morgan fingerprint density at radius 3 is 2.65 bits per heavy atom. The largest absolute Gasteiger partial charge is 0.268 e. The van der Waals surface area contributed by atoms with Gasteiger partial charge in [-0.3, -0.25) is 9.78 Å². The van der Waals surface area contributed by atoms with Crippen LogP contribution in [0.2, 0.25) is 0 Å². The van der Waals surface area contributed by atoms with Gasteiger partial charge in [-0.1, -0.05) is 6.92 Å². The first-order valence-corrected chi connectivity index (χ1v) is 6.20. The van der Waals surface area contributed by atoms with Gasteiger partial charge in [0.05, 0.1) is 5.69 Å². The molecule has 0 bridgehead atoms. The molecule has 0 spiro atoms. The summed E-state index contributed by atoms with van der Waals surface area (Å²) in [5, 5.41) is 4.29. The van der Waals surface area contributed by atoms with Gasteiger partial charge in [-0.15, -0.1) is 0 Å². The molecule has 17 heavy (non-hydrogen) atoms. The lowest BCUT2D eigenvalue weighted by molar-refractivity contribution is 0.570. The second-order valence-corrected chi connectivity index (χ2v) is 4.56. The van der Waals surface area contributed by atoms with E-state index in [2.05, 4.69) is 26.0 Å². The first-order chi connectivity index (χ1) is 8.20. The molecule has 4 nitrogen and oxygen atoms in total. The molecular formula is C12H12BrN3O. The van der Waals surface area contributed by atoms with Crippen LogP contribution in [0.15, 0.2) is 39.7 Å². The fraction of sp³-hybridized carbons (Fsp3) is 0.250. The van der Waals surface area contributed by atoms with Crippen molar-refractivity contribution in [3.63, 3.8) is 0 Å². The number of nitrogens with zero attached hydrogens (tertiary/aromatic N) is 3. The molecule has 2 aromatic heterocycles.